The molecule has 4 aromatic rings. The lowest BCUT2D eigenvalue weighted by Crippen LogP contribution is -2.12. The molecule has 2 heterocycles. The Kier molecular flexibility index (Phi) is 5.58. The van der Waals surface area contributed by atoms with Crippen LogP contribution in [0.5, 0.6) is 5.75 Å². The van der Waals surface area contributed by atoms with Gasteiger partial charge in [0.1, 0.15) is 5.75 Å². The standard InChI is InChI=1S/C22H21N5O2S/c1-4-29-17-8-9-18-19(12-17)30-22(26-18)27-20(28)15-6-5-7-16(11-15)25-21-23-13(2)10-14(3)24-21/h5-12H,4H2,1-3H3,(H,23,24,25)(H,26,27,28). The van der Waals surface area contributed by atoms with Gasteiger partial charge in [-0.25, -0.2) is 15.0 Å². The van der Waals surface area contributed by atoms with Crippen LogP contribution in [-0.4, -0.2) is 27.5 Å². The Labute approximate surface area is 178 Å². The van der Waals surface area contributed by atoms with E-state index in [2.05, 4.69) is 25.6 Å². The minimum atomic E-state index is -0.232. The van der Waals surface area contributed by atoms with Crippen molar-refractivity contribution in [3.05, 3.63) is 65.5 Å². The van der Waals surface area contributed by atoms with Crippen molar-refractivity contribution in [1.82, 2.24) is 15.0 Å². The van der Waals surface area contributed by atoms with Gasteiger partial charge in [0.15, 0.2) is 5.13 Å². The van der Waals surface area contributed by atoms with Crippen LogP contribution < -0.4 is 15.4 Å². The minimum Gasteiger partial charge on any atom is -0.494 e. The molecule has 30 heavy (non-hydrogen) atoms. The summed E-state index contributed by atoms with van der Waals surface area (Å²) in [6.07, 6.45) is 0. The summed E-state index contributed by atoms with van der Waals surface area (Å²) in [6.45, 7) is 6.38. The van der Waals surface area contributed by atoms with Crippen molar-refractivity contribution >= 4 is 44.2 Å². The quantitative estimate of drug-likeness (QED) is 0.452. The molecular weight excluding hydrogens is 398 g/mol. The van der Waals surface area contributed by atoms with Gasteiger partial charge in [0, 0.05) is 22.6 Å². The largest absolute Gasteiger partial charge is 0.494 e. The number of aromatic nitrogens is 3. The van der Waals surface area contributed by atoms with Crippen molar-refractivity contribution < 1.29 is 9.53 Å². The molecule has 4 rings (SSSR count). The van der Waals surface area contributed by atoms with E-state index in [-0.39, 0.29) is 5.91 Å². The number of carbonyl (C=O) groups is 1. The Morgan fingerprint density at radius 3 is 2.60 bits per heavy atom. The molecule has 0 aliphatic rings. The number of aryl methyl sites for hydroxylation is 2. The highest BCUT2D eigenvalue weighted by Gasteiger charge is 2.12. The summed E-state index contributed by atoms with van der Waals surface area (Å²) in [7, 11) is 0. The number of rotatable bonds is 6. The van der Waals surface area contributed by atoms with E-state index < -0.39 is 0 Å². The van der Waals surface area contributed by atoms with E-state index >= 15 is 0 Å². The van der Waals surface area contributed by atoms with Gasteiger partial charge in [0.25, 0.3) is 5.91 Å². The Balaban J connectivity index is 1.51. The molecule has 152 valence electrons. The van der Waals surface area contributed by atoms with Crippen LogP contribution in [0.15, 0.2) is 48.5 Å². The fourth-order valence-electron chi connectivity index (χ4n) is 3.03. The second-order valence-electron chi connectivity index (χ2n) is 6.72. The van der Waals surface area contributed by atoms with Crippen LogP contribution in [-0.2, 0) is 0 Å². The first-order chi connectivity index (χ1) is 14.5. The normalized spacial score (nSPS) is 10.8. The van der Waals surface area contributed by atoms with E-state index in [9.17, 15) is 4.79 Å². The number of thiazole rings is 1. The van der Waals surface area contributed by atoms with Crippen LogP contribution in [0.3, 0.4) is 0 Å². The first kappa shape index (κ1) is 19.8. The van der Waals surface area contributed by atoms with Gasteiger partial charge in [-0.1, -0.05) is 17.4 Å². The fourth-order valence-corrected chi connectivity index (χ4v) is 3.92. The average molecular weight is 420 g/mol. The molecule has 8 heteroatoms. The minimum absolute atomic E-state index is 0.232. The monoisotopic (exact) mass is 419 g/mol. The summed E-state index contributed by atoms with van der Waals surface area (Å²) >= 11 is 1.41. The molecule has 2 N–H and O–H groups in total. The van der Waals surface area contributed by atoms with Crippen molar-refractivity contribution in [2.75, 3.05) is 17.2 Å². The number of amides is 1. The van der Waals surface area contributed by atoms with Crippen molar-refractivity contribution in [3.63, 3.8) is 0 Å². The Morgan fingerprint density at radius 2 is 1.83 bits per heavy atom. The number of benzene rings is 2. The van der Waals surface area contributed by atoms with Gasteiger partial charge in [0.2, 0.25) is 5.95 Å². The number of nitrogens with zero attached hydrogens (tertiary/aromatic N) is 3. The highest BCUT2D eigenvalue weighted by Crippen LogP contribution is 2.29. The van der Waals surface area contributed by atoms with Crippen LogP contribution in [0.4, 0.5) is 16.8 Å². The van der Waals surface area contributed by atoms with Gasteiger partial charge < -0.3 is 10.1 Å². The SMILES string of the molecule is CCOc1ccc2nc(NC(=O)c3cccc(Nc4nc(C)cc(C)n4)c3)sc2c1. The molecule has 2 aromatic carbocycles. The third-order valence-electron chi connectivity index (χ3n) is 4.25. The molecule has 1 amide bonds. The number of anilines is 3. The zero-order valence-corrected chi connectivity index (χ0v) is 17.7. The van der Waals surface area contributed by atoms with Gasteiger partial charge >= 0.3 is 0 Å². The van der Waals surface area contributed by atoms with Crippen LogP contribution in [0.2, 0.25) is 0 Å². The van der Waals surface area contributed by atoms with E-state index in [1.54, 1.807) is 12.1 Å². The third-order valence-corrected chi connectivity index (χ3v) is 5.19. The van der Waals surface area contributed by atoms with Crippen LogP contribution in [0, 0.1) is 13.8 Å². The summed E-state index contributed by atoms with van der Waals surface area (Å²) in [5.41, 5.74) is 3.82. The van der Waals surface area contributed by atoms with Gasteiger partial charge in [-0.2, -0.15) is 0 Å². The zero-order valence-electron chi connectivity index (χ0n) is 16.9. The van der Waals surface area contributed by atoms with E-state index in [4.69, 9.17) is 4.74 Å². The zero-order chi connectivity index (χ0) is 21.1. The van der Waals surface area contributed by atoms with E-state index in [1.165, 1.54) is 11.3 Å². The van der Waals surface area contributed by atoms with Gasteiger partial charge in [-0.05, 0) is 63.2 Å². The third kappa shape index (κ3) is 4.55. The molecule has 0 aliphatic carbocycles. The highest BCUT2D eigenvalue weighted by molar-refractivity contribution is 7.22. The second-order valence-corrected chi connectivity index (χ2v) is 7.75. The highest BCUT2D eigenvalue weighted by atomic mass is 32.1. The predicted octanol–water partition coefficient (Wildman–Crippen LogP) is 5.10. The number of carbonyl (C=O) groups excluding carboxylic acids is 1. The topological polar surface area (TPSA) is 89.0 Å². The molecule has 2 aromatic heterocycles. The molecule has 0 unspecified atom stereocenters. The van der Waals surface area contributed by atoms with Crippen molar-refractivity contribution in [3.8, 4) is 5.75 Å². The van der Waals surface area contributed by atoms with E-state index in [1.807, 2.05) is 57.2 Å². The molecule has 0 saturated heterocycles. The number of hydrogen-bond donors (Lipinski definition) is 2. The molecule has 0 bridgehead atoms. The summed E-state index contributed by atoms with van der Waals surface area (Å²) in [4.78, 5) is 26.0. The fraction of sp³-hybridized carbons (Fsp3) is 0.182. The lowest BCUT2D eigenvalue weighted by atomic mass is 10.2. The van der Waals surface area contributed by atoms with Crippen LogP contribution in [0.1, 0.15) is 28.7 Å². The number of nitrogens with one attached hydrogen (secondary N) is 2. The summed E-state index contributed by atoms with van der Waals surface area (Å²) < 4.78 is 6.48. The molecular formula is C22H21N5O2S. The summed E-state index contributed by atoms with van der Waals surface area (Å²) in [6, 6.07) is 14.8. The number of fused-ring (bicyclic) bond motifs is 1. The lowest BCUT2D eigenvalue weighted by Gasteiger charge is -2.08. The first-order valence-corrected chi connectivity index (χ1v) is 10.4. The maximum absolute atomic E-state index is 12.7. The molecule has 0 aliphatic heterocycles. The Bertz CT molecular complexity index is 1200. The summed E-state index contributed by atoms with van der Waals surface area (Å²) in [5, 5.41) is 6.57. The molecule has 7 nitrogen and oxygen atoms in total. The van der Waals surface area contributed by atoms with Gasteiger partial charge in [0.05, 0.1) is 16.8 Å². The maximum atomic E-state index is 12.7. The Morgan fingerprint density at radius 1 is 1.03 bits per heavy atom. The van der Waals surface area contributed by atoms with Gasteiger partial charge in [-0.3, -0.25) is 10.1 Å². The average Bonchev–Trinajstić information content (AvgIpc) is 3.09. The maximum Gasteiger partial charge on any atom is 0.257 e. The van der Waals surface area contributed by atoms with Crippen molar-refractivity contribution in [2.45, 2.75) is 20.8 Å². The Hall–Kier alpha value is -3.52. The molecule has 0 radical (unpaired) electrons. The van der Waals surface area contributed by atoms with E-state index in [0.29, 0.717) is 23.3 Å². The van der Waals surface area contributed by atoms with Gasteiger partial charge in [-0.15, -0.1) is 0 Å². The van der Waals surface area contributed by atoms with Crippen LogP contribution >= 0.6 is 11.3 Å². The second kappa shape index (κ2) is 8.46. The first-order valence-electron chi connectivity index (χ1n) is 9.54. The van der Waals surface area contributed by atoms with Crippen molar-refractivity contribution in [2.24, 2.45) is 0 Å². The number of ether oxygens (including phenoxy) is 1. The predicted molar refractivity (Wildman–Crippen MR) is 120 cm³/mol. The molecule has 0 saturated carbocycles. The molecule has 0 fully saturated rings. The molecule has 0 atom stereocenters. The van der Waals surface area contributed by atoms with E-state index in [0.717, 1.165) is 33.0 Å². The van der Waals surface area contributed by atoms with Crippen LogP contribution in [0.25, 0.3) is 10.2 Å². The smallest absolute Gasteiger partial charge is 0.257 e. The number of hydrogen-bond acceptors (Lipinski definition) is 7. The lowest BCUT2D eigenvalue weighted by molar-refractivity contribution is 0.102. The molecule has 0 spiro atoms. The summed E-state index contributed by atoms with van der Waals surface area (Å²) in [5.74, 6) is 1.06. The van der Waals surface area contributed by atoms with Crippen molar-refractivity contribution in [1.29, 1.82) is 0 Å².